The van der Waals surface area contributed by atoms with E-state index in [9.17, 15) is 14.7 Å². The average Bonchev–Trinajstić information content (AvgIpc) is 2.49. The fourth-order valence-electron chi connectivity index (χ4n) is 2.65. The minimum atomic E-state index is -1.08. The van der Waals surface area contributed by atoms with E-state index in [1.54, 1.807) is 6.08 Å². The Hall–Kier alpha value is -1.58. The molecule has 0 saturated heterocycles. The largest absolute Gasteiger partial charge is 0.481 e. The molecule has 2 N–H and O–H groups in total. The van der Waals surface area contributed by atoms with Gasteiger partial charge in [0.1, 0.15) is 0 Å². The van der Waals surface area contributed by atoms with E-state index in [0.717, 1.165) is 19.3 Å². The summed E-state index contributed by atoms with van der Waals surface area (Å²) < 4.78 is 0. The molecule has 0 saturated carbocycles. The summed E-state index contributed by atoms with van der Waals surface area (Å²) in [6, 6.07) is 0. The molecule has 1 atom stereocenters. The first-order chi connectivity index (χ1) is 11.0. The highest BCUT2D eigenvalue weighted by molar-refractivity contribution is 5.80. The number of hydrogen-bond donors (Lipinski definition) is 2. The number of carboxylic acids is 2. The SMILES string of the molecule is C=CC/C(=C\CCCCCCCCCC)C(CC(=O)O)C(=O)O. The van der Waals surface area contributed by atoms with Crippen LogP contribution >= 0.6 is 0 Å². The van der Waals surface area contributed by atoms with Crippen molar-refractivity contribution in [2.75, 3.05) is 0 Å². The molecule has 0 aliphatic heterocycles. The molecule has 0 aliphatic rings. The molecule has 0 bridgehead atoms. The molecule has 0 aromatic rings. The number of allylic oxidation sites excluding steroid dienone is 2. The van der Waals surface area contributed by atoms with Crippen molar-refractivity contribution in [3.63, 3.8) is 0 Å². The molecule has 1 unspecified atom stereocenters. The zero-order valence-corrected chi connectivity index (χ0v) is 14.4. The number of carbonyl (C=O) groups is 2. The summed E-state index contributed by atoms with van der Waals surface area (Å²) in [5.74, 6) is -3.10. The van der Waals surface area contributed by atoms with E-state index in [2.05, 4.69) is 13.5 Å². The quantitative estimate of drug-likeness (QED) is 0.321. The predicted octanol–water partition coefficient (Wildman–Crippen LogP) is 5.20. The van der Waals surface area contributed by atoms with Crippen molar-refractivity contribution in [2.45, 2.75) is 77.6 Å². The zero-order chi connectivity index (χ0) is 17.5. The Morgan fingerprint density at radius 2 is 1.57 bits per heavy atom. The maximum atomic E-state index is 11.3. The van der Waals surface area contributed by atoms with E-state index in [0.29, 0.717) is 12.0 Å². The average molecular weight is 324 g/mol. The minimum Gasteiger partial charge on any atom is -0.481 e. The van der Waals surface area contributed by atoms with Gasteiger partial charge in [0.05, 0.1) is 12.3 Å². The lowest BCUT2D eigenvalue weighted by atomic mass is 9.91. The molecule has 0 aliphatic carbocycles. The van der Waals surface area contributed by atoms with E-state index in [-0.39, 0.29) is 6.42 Å². The molecule has 0 spiro atoms. The van der Waals surface area contributed by atoms with E-state index in [1.807, 2.05) is 6.08 Å². The molecule has 4 heteroatoms. The van der Waals surface area contributed by atoms with Crippen molar-refractivity contribution in [3.8, 4) is 0 Å². The van der Waals surface area contributed by atoms with Gasteiger partial charge in [-0.05, 0) is 19.3 Å². The molecule has 0 rings (SSSR count). The molecular weight excluding hydrogens is 292 g/mol. The highest BCUT2D eigenvalue weighted by Gasteiger charge is 2.24. The highest BCUT2D eigenvalue weighted by Crippen LogP contribution is 2.21. The van der Waals surface area contributed by atoms with Gasteiger partial charge < -0.3 is 10.2 Å². The summed E-state index contributed by atoms with van der Waals surface area (Å²) in [4.78, 5) is 22.1. The van der Waals surface area contributed by atoms with Crippen LogP contribution in [0.15, 0.2) is 24.3 Å². The lowest BCUT2D eigenvalue weighted by molar-refractivity contribution is -0.146. The first kappa shape index (κ1) is 21.4. The Bertz CT molecular complexity index is 385. The maximum Gasteiger partial charge on any atom is 0.311 e. The van der Waals surface area contributed by atoms with Crippen LogP contribution in [0.4, 0.5) is 0 Å². The lowest BCUT2D eigenvalue weighted by Gasteiger charge is -2.13. The van der Waals surface area contributed by atoms with Gasteiger partial charge in [0.15, 0.2) is 0 Å². The van der Waals surface area contributed by atoms with Gasteiger partial charge in [-0.25, -0.2) is 0 Å². The third kappa shape index (κ3) is 11.6. The van der Waals surface area contributed by atoms with Gasteiger partial charge in [-0.2, -0.15) is 0 Å². The Balaban J connectivity index is 4.21. The van der Waals surface area contributed by atoms with E-state index < -0.39 is 17.9 Å². The minimum absolute atomic E-state index is 0.369. The van der Waals surface area contributed by atoms with Crippen molar-refractivity contribution in [2.24, 2.45) is 5.92 Å². The van der Waals surface area contributed by atoms with Crippen LogP contribution in [0.1, 0.15) is 77.6 Å². The second kappa shape index (κ2) is 14.0. The van der Waals surface area contributed by atoms with Gasteiger partial charge in [-0.1, -0.05) is 69.6 Å². The maximum absolute atomic E-state index is 11.3. The van der Waals surface area contributed by atoms with Crippen LogP contribution in [0.3, 0.4) is 0 Å². The fraction of sp³-hybridized carbons (Fsp3) is 0.684. The third-order valence-corrected chi connectivity index (χ3v) is 3.97. The van der Waals surface area contributed by atoms with E-state index in [4.69, 9.17) is 5.11 Å². The third-order valence-electron chi connectivity index (χ3n) is 3.97. The number of hydrogen-bond acceptors (Lipinski definition) is 2. The second-order valence-corrected chi connectivity index (χ2v) is 6.02. The summed E-state index contributed by atoms with van der Waals surface area (Å²) in [7, 11) is 0. The van der Waals surface area contributed by atoms with Crippen LogP contribution < -0.4 is 0 Å². The Morgan fingerprint density at radius 1 is 1.00 bits per heavy atom. The molecule has 23 heavy (non-hydrogen) atoms. The topological polar surface area (TPSA) is 74.6 Å². The lowest BCUT2D eigenvalue weighted by Crippen LogP contribution is -2.20. The van der Waals surface area contributed by atoms with Crippen LogP contribution in [0.2, 0.25) is 0 Å². The van der Waals surface area contributed by atoms with Gasteiger partial charge >= 0.3 is 11.9 Å². The van der Waals surface area contributed by atoms with Crippen molar-refractivity contribution in [3.05, 3.63) is 24.3 Å². The Morgan fingerprint density at radius 3 is 2.04 bits per heavy atom. The predicted molar refractivity (Wildman–Crippen MR) is 93.5 cm³/mol. The first-order valence-corrected chi connectivity index (χ1v) is 8.77. The van der Waals surface area contributed by atoms with Crippen molar-refractivity contribution in [1.82, 2.24) is 0 Å². The van der Waals surface area contributed by atoms with Gasteiger partial charge in [-0.15, -0.1) is 6.58 Å². The van der Waals surface area contributed by atoms with Gasteiger partial charge in [0.25, 0.3) is 0 Å². The van der Waals surface area contributed by atoms with Crippen LogP contribution in [0, 0.1) is 5.92 Å². The highest BCUT2D eigenvalue weighted by atomic mass is 16.4. The van der Waals surface area contributed by atoms with Crippen LogP contribution in [-0.4, -0.2) is 22.2 Å². The van der Waals surface area contributed by atoms with Crippen LogP contribution in [0.5, 0.6) is 0 Å². The van der Waals surface area contributed by atoms with Crippen LogP contribution in [0.25, 0.3) is 0 Å². The molecule has 0 aromatic heterocycles. The zero-order valence-electron chi connectivity index (χ0n) is 14.4. The molecule has 0 fully saturated rings. The smallest absolute Gasteiger partial charge is 0.311 e. The number of unbranched alkanes of at least 4 members (excludes halogenated alkanes) is 8. The van der Waals surface area contributed by atoms with Gasteiger partial charge in [0, 0.05) is 0 Å². The summed E-state index contributed by atoms with van der Waals surface area (Å²) in [6.07, 6.45) is 14.2. The molecule has 0 amide bonds. The second-order valence-electron chi connectivity index (χ2n) is 6.02. The molecule has 0 aromatic carbocycles. The van der Waals surface area contributed by atoms with Crippen molar-refractivity contribution >= 4 is 11.9 Å². The first-order valence-electron chi connectivity index (χ1n) is 8.77. The van der Waals surface area contributed by atoms with E-state index in [1.165, 1.54) is 38.5 Å². The number of aliphatic carboxylic acids is 2. The Kier molecular flexibility index (Phi) is 13.1. The monoisotopic (exact) mass is 324 g/mol. The summed E-state index contributed by atoms with van der Waals surface area (Å²) in [5.41, 5.74) is 0.665. The fourth-order valence-corrected chi connectivity index (χ4v) is 2.65. The molecule has 132 valence electrons. The van der Waals surface area contributed by atoms with E-state index >= 15 is 0 Å². The van der Waals surface area contributed by atoms with Gasteiger partial charge in [0.2, 0.25) is 0 Å². The Labute approximate surface area is 140 Å². The standard InChI is InChI=1S/C19H32O4/c1-3-5-6-7-8-9-10-11-12-14-16(13-4-2)17(19(22)23)15-18(20)21/h4,14,17H,2-3,5-13,15H2,1H3,(H,20,21)(H,22,23)/b16-14+. The van der Waals surface area contributed by atoms with Crippen molar-refractivity contribution < 1.29 is 19.8 Å². The summed E-state index contributed by atoms with van der Waals surface area (Å²) >= 11 is 0. The molecule has 0 heterocycles. The molecule has 0 radical (unpaired) electrons. The molecular formula is C19H32O4. The van der Waals surface area contributed by atoms with Gasteiger partial charge in [-0.3, -0.25) is 9.59 Å². The summed E-state index contributed by atoms with van der Waals surface area (Å²) in [6.45, 7) is 5.84. The normalized spacial score (nSPS) is 12.8. The number of carboxylic acid groups (broad SMARTS) is 2. The van der Waals surface area contributed by atoms with Crippen molar-refractivity contribution in [1.29, 1.82) is 0 Å². The molecule has 4 nitrogen and oxygen atoms in total. The number of rotatable bonds is 15. The van der Waals surface area contributed by atoms with Crippen LogP contribution in [-0.2, 0) is 9.59 Å². The summed E-state index contributed by atoms with van der Waals surface area (Å²) in [5, 5.41) is 18.1.